The molecule has 0 saturated carbocycles. The molecule has 1 unspecified atom stereocenters. The number of hydrogen-bond acceptors (Lipinski definition) is 4. The highest BCUT2D eigenvalue weighted by atomic mass is 32.2. The zero-order chi connectivity index (χ0) is 19.2. The third-order valence-corrected chi connectivity index (χ3v) is 5.44. The van der Waals surface area contributed by atoms with Crippen LogP contribution in [0.5, 0.6) is 0 Å². The minimum absolute atomic E-state index is 0.0311. The maximum atomic E-state index is 12.6. The molecule has 6 nitrogen and oxygen atoms in total. The van der Waals surface area contributed by atoms with E-state index in [0.29, 0.717) is 18.2 Å². The van der Waals surface area contributed by atoms with Gasteiger partial charge in [0.05, 0.1) is 23.6 Å². The Morgan fingerprint density at radius 1 is 1.15 bits per heavy atom. The lowest BCUT2D eigenvalue weighted by atomic mass is 10.1. The van der Waals surface area contributed by atoms with Gasteiger partial charge in [-0.05, 0) is 43.5 Å². The number of aryl methyl sites for hydroxylation is 1. The second kappa shape index (κ2) is 9.00. The first-order valence-electron chi connectivity index (χ1n) is 8.67. The van der Waals surface area contributed by atoms with Crippen LogP contribution in [0.2, 0.25) is 0 Å². The van der Waals surface area contributed by atoms with Crippen molar-refractivity contribution < 1.29 is 17.6 Å². The zero-order valence-electron chi connectivity index (χ0n) is 15.4. The van der Waals surface area contributed by atoms with Gasteiger partial charge in [0.1, 0.15) is 5.76 Å². The number of carbonyl (C=O) groups excluding carboxylic acids is 1. The van der Waals surface area contributed by atoms with Gasteiger partial charge in [0, 0.05) is 6.54 Å². The first-order chi connectivity index (χ1) is 12.3. The normalized spacial score (nSPS) is 12.9. The van der Waals surface area contributed by atoms with Crippen LogP contribution in [0.1, 0.15) is 44.1 Å². The summed E-state index contributed by atoms with van der Waals surface area (Å²) < 4.78 is 33.2. The number of hydrogen-bond donors (Lipinski definition) is 2. The number of sulfonamides is 1. The summed E-state index contributed by atoms with van der Waals surface area (Å²) >= 11 is 0. The van der Waals surface area contributed by atoms with Gasteiger partial charge >= 0.3 is 0 Å². The van der Waals surface area contributed by atoms with Crippen LogP contribution in [0.3, 0.4) is 0 Å². The molecular formula is C19H26N2O4S. The Labute approximate surface area is 155 Å². The second-order valence-electron chi connectivity index (χ2n) is 6.74. The van der Waals surface area contributed by atoms with Crippen molar-refractivity contribution in [3.8, 4) is 0 Å². The minimum atomic E-state index is -3.77. The molecule has 0 aliphatic heterocycles. The Bertz CT molecular complexity index is 797. The fraction of sp³-hybridized carbons (Fsp3) is 0.421. The van der Waals surface area contributed by atoms with Gasteiger partial charge in [-0.1, -0.05) is 31.5 Å². The molecule has 0 saturated heterocycles. The number of rotatable bonds is 9. The number of benzene rings is 1. The number of nitrogens with one attached hydrogen (secondary N) is 2. The van der Waals surface area contributed by atoms with E-state index in [4.69, 9.17) is 4.42 Å². The maximum Gasteiger partial charge on any atom is 0.241 e. The molecule has 0 aliphatic carbocycles. The molecular weight excluding hydrogens is 352 g/mol. The monoisotopic (exact) mass is 378 g/mol. The van der Waals surface area contributed by atoms with Gasteiger partial charge in [-0.3, -0.25) is 4.79 Å². The largest absolute Gasteiger partial charge is 0.468 e. The summed E-state index contributed by atoms with van der Waals surface area (Å²) in [6, 6.07) is 9.10. The number of carbonyl (C=O) groups is 1. The van der Waals surface area contributed by atoms with E-state index in [2.05, 4.69) is 23.9 Å². The molecule has 2 N–H and O–H groups in total. The molecule has 7 heteroatoms. The first kappa shape index (κ1) is 20.2. The summed E-state index contributed by atoms with van der Waals surface area (Å²) in [5.74, 6) is 0.662. The van der Waals surface area contributed by atoms with E-state index in [1.54, 1.807) is 36.4 Å². The molecule has 0 fully saturated rings. The molecule has 1 atom stereocenters. The average molecular weight is 378 g/mol. The standard InChI is InChI=1S/C19H26N2O4S/c1-14(2)10-11-20-19(22)13-17(18-5-4-12-25-18)21-26(23,24)16-8-6-15(3)7-9-16/h4-9,12,14,17,21H,10-11,13H2,1-3H3,(H,20,22). The predicted octanol–water partition coefficient (Wildman–Crippen LogP) is 3.16. The average Bonchev–Trinajstić information content (AvgIpc) is 3.08. The van der Waals surface area contributed by atoms with Crippen molar-refractivity contribution in [2.45, 2.75) is 44.6 Å². The fourth-order valence-electron chi connectivity index (χ4n) is 2.42. The van der Waals surface area contributed by atoms with Crippen LogP contribution in [0, 0.1) is 12.8 Å². The van der Waals surface area contributed by atoms with Crippen LogP contribution >= 0.6 is 0 Å². The van der Waals surface area contributed by atoms with Crippen LogP contribution in [0.25, 0.3) is 0 Å². The van der Waals surface area contributed by atoms with Crippen molar-refractivity contribution >= 4 is 15.9 Å². The van der Waals surface area contributed by atoms with Gasteiger partial charge in [0.15, 0.2) is 0 Å². The topological polar surface area (TPSA) is 88.4 Å². The van der Waals surface area contributed by atoms with Crippen LogP contribution in [-0.4, -0.2) is 20.9 Å². The fourth-order valence-corrected chi connectivity index (χ4v) is 3.62. The van der Waals surface area contributed by atoms with E-state index in [-0.39, 0.29) is 17.2 Å². The van der Waals surface area contributed by atoms with E-state index in [1.807, 2.05) is 6.92 Å². The lowest BCUT2D eigenvalue weighted by Gasteiger charge is -2.17. The molecule has 1 amide bonds. The summed E-state index contributed by atoms with van der Waals surface area (Å²) in [6.07, 6.45) is 2.29. The SMILES string of the molecule is Cc1ccc(S(=O)(=O)NC(CC(=O)NCCC(C)C)c2ccco2)cc1. The lowest BCUT2D eigenvalue weighted by Crippen LogP contribution is -2.34. The molecule has 1 aromatic heterocycles. The van der Waals surface area contributed by atoms with Crippen molar-refractivity contribution in [1.29, 1.82) is 0 Å². The van der Waals surface area contributed by atoms with Crippen molar-refractivity contribution in [2.75, 3.05) is 6.54 Å². The quantitative estimate of drug-likeness (QED) is 0.701. The molecule has 0 spiro atoms. The van der Waals surface area contributed by atoms with Gasteiger partial charge in [-0.2, -0.15) is 4.72 Å². The van der Waals surface area contributed by atoms with Crippen LogP contribution in [0.4, 0.5) is 0 Å². The molecule has 0 radical (unpaired) electrons. The summed E-state index contributed by atoms with van der Waals surface area (Å²) in [7, 11) is -3.77. The molecule has 2 aromatic rings. The highest BCUT2D eigenvalue weighted by Gasteiger charge is 2.25. The summed E-state index contributed by atoms with van der Waals surface area (Å²) in [4.78, 5) is 12.4. The van der Waals surface area contributed by atoms with Crippen molar-refractivity contribution in [1.82, 2.24) is 10.0 Å². The summed E-state index contributed by atoms with van der Waals surface area (Å²) in [5.41, 5.74) is 0.969. The molecule has 2 rings (SSSR count). The molecule has 1 heterocycles. The van der Waals surface area contributed by atoms with Gasteiger partial charge in [0.25, 0.3) is 0 Å². The zero-order valence-corrected chi connectivity index (χ0v) is 16.2. The smallest absolute Gasteiger partial charge is 0.241 e. The Morgan fingerprint density at radius 3 is 2.42 bits per heavy atom. The van der Waals surface area contributed by atoms with Gasteiger partial charge < -0.3 is 9.73 Å². The van der Waals surface area contributed by atoms with Gasteiger partial charge in [0.2, 0.25) is 15.9 Å². The van der Waals surface area contributed by atoms with E-state index in [0.717, 1.165) is 12.0 Å². The van der Waals surface area contributed by atoms with Crippen molar-refractivity contribution in [2.24, 2.45) is 5.92 Å². The predicted molar refractivity (Wildman–Crippen MR) is 100 cm³/mol. The summed E-state index contributed by atoms with van der Waals surface area (Å²) in [6.45, 7) is 6.60. The number of amides is 1. The first-order valence-corrected chi connectivity index (χ1v) is 10.2. The van der Waals surface area contributed by atoms with Crippen molar-refractivity contribution in [3.05, 3.63) is 54.0 Å². The molecule has 26 heavy (non-hydrogen) atoms. The van der Waals surface area contributed by atoms with Crippen molar-refractivity contribution in [3.63, 3.8) is 0 Å². The van der Waals surface area contributed by atoms with E-state index in [1.165, 1.54) is 6.26 Å². The third-order valence-electron chi connectivity index (χ3n) is 3.95. The molecule has 0 aliphatic rings. The third kappa shape index (κ3) is 6.00. The Morgan fingerprint density at radius 2 is 1.85 bits per heavy atom. The van der Waals surface area contributed by atoms with Gasteiger partial charge in [-0.25, -0.2) is 8.42 Å². The van der Waals surface area contributed by atoms with E-state index < -0.39 is 16.1 Å². The molecule has 142 valence electrons. The van der Waals surface area contributed by atoms with Crippen LogP contribution in [0.15, 0.2) is 52.0 Å². The maximum absolute atomic E-state index is 12.6. The second-order valence-corrected chi connectivity index (χ2v) is 8.45. The molecule has 0 bridgehead atoms. The number of furan rings is 1. The highest BCUT2D eigenvalue weighted by molar-refractivity contribution is 7.89. The Balaban J connectivity index is 2.10. The Hall–Kier alpha value is -2.12. The minimum Gasteiger partial charge on any atom is -0.468 e. The van der Waals surface area contributed by atoms with Crippen LogP contribution < -0.4 is 10.0 Å². The Kier molecular flexibility index (Phi) is 6.99. The van der Waals surface area contributed by atoms with Gasteiger partial charge in [-0.15, -0.1) is 0 Å². The highest BCUT2D eigenvalue weighted by Crippen LogP contribution is 2.21. The lowest BCUT2D eigenvalue weighted by molar-refractivity contribution is -0.121. The molecule has 1 aromatic carbocycles. The van der Waals surface area contributed by atoms with E-state index >= 15 is 0 Å². The van der Waals surface area contributed by atoms with E-state index in [9.17, 15) is 13.2 Å². The summed E-state index contributed by atoms with van der Waals surface area (Å²) in [5, 5.41) is 2.82. The van der Waals surface area contributed by atoms with Crippen LogP contribution in [-0.2, 0) is 14.8 Å².